The maximum absolute atomic E-state index is 13.4. The number of aromatic nitrogens is 3. The van der Waals surface area contributed by atoms with E-state index >= 15 is 0 Å². The second-order valence-electron chi connectivity index (χ2n) is 4.80. The lowest BCUT2D eigenvalue weighted by Crippen LogP contribution is -2.24. The number of thiophene rings is 1. The first kappa shape index (κ1) is 18.7. The van der Waals surface area contributed by atoms with E-state index in [2.05, 4.69) is 10.2 Å². The van der Waals surface area contributed by atoms with Crippen LogP contribution in [0.15, 0.2) is 50.7 Å². The Bertz CT molecular complexity index is 1050. The summed E-state index contributed by atoms with van der Waals surface area (Å²) in [6.07, 6.45) is 0. The lowest BCUT2D eigenvalue weighted by Gasteiger charge is -2.12. The highest BCUT2D eigenvalue weighted by Gasteiger charge is 2.48. The van der Waals surface area contributed by atoms with E-state index in [0.29, 0.717) is 22.7 Å². The zero-order valence-corrected chi connectivity index (χ0v) is 14.9. The average Bonchev–Trinajstić information content (AvgIpc) is 3.18. The zero-order valence-electron chi connectivity index (χ0n) is 12.4. The highest BCUT2D eigenvalue weighted by Crippen LogP contribution is 2.39. The molecular weight excluding hydrogens is 416 g/mol. The van der Waals surface area contributed by atoms with E-state index in [-0.39, 0.29) is 15.9 Å². The maximum Gasteiger partial charge on any atom is 0.501 e. The third kappa shape index (κ3) is 3.29. The number of nitrogen functional groups attached to an aromatic ring is 1. The Hall–Kier alpha value is -2.12. The molecule has 0 aliphatic carbocycles. The minimum atomic E-state index is -5.76. The number of nitrogens with two attached hydrogens (primary N) is 1. The van der Waals surface area contributed by atoms with Crippen LogP contribution in [0.2, 0.25) is 0 Å². The fraction of sp³-hybridized carbons (Fsp3) is 0.0769. The van der Waals surface area contributed by atoms with Crippen molar-refractivity contribution in [2.24, 2.45) is 0 Å². The minimum absolute atomic E-state index is 0.0568. The van der Waals surface area contributed by atoms with E-state index in [1.54, 1.807) is 17.5 Å². The molecule has 1 aromatic carbocycles. The molecule has 0 spiro atoms. The van der Waals surface area contributed by atoms with Crippen LogP contribution in [0.5, 0.6) is 0 Å². The Labute approximate surface area is 152 Å². The number of sulfone groups is 1. The summed E-state index contributed by atoms with van der Waals surface area (Å²) >= 11 is 1.85. The van der Waals surface area contributed by atoms with Gasteiger partial charge in [0.15, 0.2) is 5.82 Å². The topological polar surface area (TPSA) is 90.9 Å². The van der Waals surface area contributed by atoms with Crippen LogP contribution in [-0.4, -0.2) is 28.8 Å². The number of benzene rings is 1. The van der Waals surface area contributed by atoms with Gasteiger partial charge >= 0.3 is 5.51 Å². The van der Waals surface area contributed by atoms with E-state index in [1.807, 2.05) is 0 Å². The smallest absolute Gasteiger partial charge is 0.335 e. The lowest BCUT2D eigenvalue weighted by atomic mass is 10.3. The molecule has 2 aromatic heterocycles. The van der Waals surface area contributed by atoms with Gasteiger partial charge in [0.1, 0.15) is 5.82 Å². The summed E-state index contributed by atoms with van der Waals surface area (Å²) in [6, 6.07) is 5.52. The average molecular weight is 424 g/mol. The molecule has 6 nitrogen and oxygen atoms in total. The summed E-state index contributed by atoms with van der Waals surface area (Å²) in [5.74, 6) is 4.98. The van der Waals surface area contributed by atoms with Crippen molar-refractivity contribution in [1.82, 2.24) is 14.9 Å². The molecule has 0 saturated heterocycles. The molecule has 26 heavy (non-hydrogen) atoms. The molecule has 3 aromatic rings. The van der Waals surface area contributed by atoms with E-state index < -0.39 is 26.1 Å². The highest BCUT2D eigenvalue weighted by molar-refractivity contribution is 8.00. The predicted molar refractivity (Wildman–Crippen MR) is 87.2 cm³/mol. The first-order chi connectivity index (χ1) is 12.1. The van der Waals surface area contributed by atoms with Crippen LogP contribution in [0.3, 0.4) is 0 Å². The number of halogens is 4. The minimum Gasteiger partial charge on any atom is -0.335 e. The zero-order chi connectivity index (χ0) is 19.1. The third-order valence-corrected chi connectivity index (χ3v) is 6.67. The molecule has 0 fully saturated rings. The predicted octanol–water partition coefficient (Wildman–Crippen LogP) is 3.30. The third-order valence-electron chi connectivity index (χ3n) is 3.11. The van der Waals surface area contributed by atoms with Crippen molar-refractivity contribution in [1.29, 1.82) is 0 Å². The number of hydrogen-bond donors (Lipinski definition) is 1. The summed E-state index contributed by atoms with van der Waals surface area (Å²) in [7, 11) is -5.76. The summed E-state index contributed by atoms with van der Waals surface area (Å²) < 4.78 is 76.4. The molecule has 0 aliphatic rings. The van der Waals surface area contributed by atoms with Crippen molar-refractivity contribution in [3.63, 3.8) is 0 Å². The molecule has 0 radical (unpaired) electrons. The summed E-state index contributed by atoms with van der Waals surface area (Å²) in [5.41, 5.74) is -5.57. The van der Waals surface area contributed by atoms with Crippen LogP contribution >= 0.6 is 23.1 Å². The first-order valence-electron chi connectivity index (χ1n) is 6.64. The molecule has 13 heteroatoms. The Morgan fingerprint density at radius 1 is 1.19 bits per heavy atom. The van der Waals surface area contributed by atoms with Crippen LogP contribution < -0.4 is 5.84 Å². The summed E-state index contributed by atoms with van der Waals surface area (Å²) in [6.45, 7) is 0. The molecule has 0 bridgehead atoms. The van der Waals surface area contributed by atoms with E-state index in [4.69, 9.17) is 5.84 Å². The van der Waals surface area contributed by atoms with Gasteiger partial charge in [-0.25, -0.2) is 17.5 Å². The second kappa shape index (κ2) is 6.55. The molecule has 0 amide bonds. The van der Waals surface area contributed by atoms with Gasteiger partial charge in [-0.05, 0) is 41.4 Å². The van der Waals surface area contributed by atoms with Crippen molar-refractivity contribution >= 4 is 32.9 Å². The van der Waals surface area contributed by atoms with Gasteiger partial charge in [0.25, 0.3) is 9.84 Å². The standard InChI is InChI=1S/C13H8F4N4O2S3/c14-7-3-4-8(10(6-7)26(22,23)13(15,16)17)25-12-20-19-11(21(12)18)9-2-1-5-24-9/h1-6H,18H2. The molecule has 0 saturated carbocycles. The van der Waals surface area contributed by atoms with Crippen molar-refractivity contribution in [3.8, 4) is 10.7 Å². The molecule has 2 heterocycles. The number of alkyl halides is 3. The van der Waals surface area contributed by atoms with Gasteiger partial charge in [0.2, 0.25) is 5.16 Å². The van der Waals surface area contributed by atoms with Crippen LogP contribution in [0.4, 0.5) is 17.6 Å². The van der Waals surface area contributed by atoms with E-state index in [9.17, 15) is 26.0 Å². The number of nitrogens with zero attached hydrogens (tertiary/aromatic N) is 3. The van der Waals surface area contributed by atoms with Crippen molar-refractivity contribution in [2.45, 2.75) is 20.5 Å². The molecule has 3 rings (SSSR count). The first-order valence-corrected chi connectivity index (χ1v) is 9.82. The number of rotatable bonds is 4. The maximum atomic E-state index is 13.4. The van der Waals surface area contributed by atoms with Gasteiger partial charge in [-0.2, -0.15) is 13.2 Å². The van der Waals surface area contributed by atoms with Gasteiger partial charge in [-0.3, -0.25) is 0 Å². The van der Waals surface area contributed by atoms with Gasteiger partial charge in [-0.1, -0.05) is 6.07 Å². The van der Waals surface area contributed by atoms with E-state index in [0.717, 1.165) is 16.8 Å². The fourth-order valence-electron chi connectivity index (χ4n) is 1.92. The molecule has 0 atom stereocenters. The van der Waals surface area contributed by atoms with Crippen LogP contribution in [-0.2, 0) is 9.84 Å². The largest absolute Gasteiger partial charge is 0.501 e. The SMILES string of the molecule is Nn1c(Sc2ccc(F)cc2S(=O)(=O)C(F)(F)F)nnc1-c1cccs1. The van der Waals surface area contributed by atoms with Gasteiger partial charge in [-0.15, -0.1) is 21.5 Å². The van der Waals surface area contributed by atoms with Gasteiger partial charge in [0, 0.05) is 4.90 Å². The van der Waals surface area contributed by atoms with Crippen molar-refractivity contribution in [3.05, 3.63) is 41.5 Å². The quantitative estimate of drug-likeness (QED) is 0.511. The second-order valence-corrected chi connectivity index (χ2v) is 8.66. The molecular formula is C13H8F4N4O2S3. The lowest BCUT2D eigenvalue weighted by molar-refractivity contribution is -0.0437. The number of hydrogen-bond acceptors (Lipinski definition) is 7. The molecule has 0 aliphatic heterocycles. The summed E-state index contributed by atoms with van der Waals surface area (Å²) in [5, 5.41) is 9.32. The summed E-state index contributed by atoms with van der Waals surface area (Å²) in [4.78, 5) is -0.926. The molecule has 2 N–H and O–H groups in total. The Balaban J connectivity index is 2.05. The van der Waals surface area contributed by atoms with Crippen molar-refractivity contribution < 1.29 is 26.0 Å². The van der Waals surface area contributed by atoms with E-state index in [1.165, 1.54) is 11.3 Å². The normalized spacial score (nSPS) is 12.5. The van der Waals surface area contributed by atoms with Crippen LogP contribution in [0.25, 0.3) is 10.7 Å². The Morgan fingerprint density at radius 2 is 1.92 bits per heavy atom. The highest BCUT2D eigenvalue weighted by atomic mass is 32.2. The van der Waals surface area contributed by atoms with Gasteiger partial charge in [0.05, 0.1) is 9.77 Å². The fourth-order valence-corrected chi connectivity index (χ4v) is 4.69. The Kier molecular flexibility index (Phi) is 4.71. The molecule has 0 unspecified atom stereocenters. The van der Waals surface area contributed by atoms with Crippen molar-refractivity contribution in [2.75, 3.05) is 5.84 Å². The van der Waals surface area contributed by atoms with Crippen LogP contribution in [0, 0.1) is 5.82 Å². The monoisotopic (exact) mass is 424 g/mol. The molecule has 138 valence electrons. The van der Waals surface area contributed by atoms with Gasteiger partial charge < -0.3 is 5.84 Å². The Morgan fingerprint density at radius 3 is 2.54 bits per heavy atom. The van der Waals surface area contributed by atoms with Crippen LogP contribution in [0.1, 0.15) is 0 Å².